The summed E-state index contributed by atoms with van der Waals surface area (Å²) >= 11 is 3.38. The molecule has 0 atom stereocenters. The van der Waals surface area contributed by atoms with E-state index in [2.05, 4.69) is 26.0 Å². The van der Waals surface area contributed by atoms with E-state index < -0.39 is 0 Å². The third-order valence-corrected chi connectivity index (χ3v) is 2.08. The van der Waals surface area contributed by atoms with Gasteiger partial charge in [0.2, 0.25) is 0 Å². The molecule has 2 rings (SSSR count). The minimum Gasteiger partial charge on any atom is -0.237 e. The van der Waals surface area contributed by atoms with E-state index in [0.29, 0.717) is 0 Å². The summed E-state index contributed by atoms with van der Waals surface area (Å²) in [5.74, 6) is 0. The molecule has 12 heavy (non-hydrogen) atoms. The largest absolute Gasteiger partial charge is 0.237 e. The fraction of sp³-hybridized carbons (Fsp3) is 0.250. The van der Waals surface area contributed by atoms with Gasteiger partial charge in [0.1, 0.15) is 0 Å². The van der Waals surface area contributed by atoms with Crippen molar-refractivity contribution in [2.45, 2.75) is 6.42 Å². The van der Waals surface area contributed by atoms with Crippen molar-refractivity contribution in [3.8, 4) is 0 Å². The van der Waals surface area contributed by atoms with Gasteiger partial charge in [-0.1, -0.05) is 15.9 Å². The zero-order valence-corrected chi connectivity index (χ0v) is 8.03. The topological polar surface area (TPSA) is 30.2 Å². The van der Waals surface area contributed by atoms with Gasteiger partial charge in [-0.05, 0) is 12.0 Å². The van der Waals surface area contributed by atoms with Crippen molar-refractivity contribution in [1.82, 2.24) is 14.6 Å². The van der Waals surface area contributed by atoms with E-state index in [4.69, 9.17) is 0 Å². The van der Waals surface area contributed by atoms with Crippen molar-refractivity contribution in [2.75, 3.05) is 5.33 Å². The van der Waals surface area contributed by atoms with E-state index in [1.807, 2.05) is 18.5 Å². The Balaban J connectivity index is 2.46. The average molecular weight is 226 g/mol. The van der Waals surface area contributed by atoms with E-state index in [-0.39, 0.29) is 0 Å². The van der Waals surface area contributed by atoms with Crippen LogP contribution in [0.3, 0.4) is 0 Å². The van der Waals surface area contributed by atoms with Gasteiger partial charge in [0.25, 0.3) is 0 Å². The number of fused-ring (bicyclic) bond motifs is 1. The van der Waals surface area contributed by atoms with Crippen LogP contribution in [0.1, 0.15) is 5.56 Å². The first kappa shape index (κ1) is 7.73. The molecule has 0 fully saturated rings. The molecule has 0 spiro atoms. The zero-order valence-electron chi connectivity index (χ0n) is 6.44. The molecule has 0 aliphatic carbocycles. The Labute approximate surface area is 78.6 Å². The Morgan fingerprint density at radius 2 is 2.42 bits per heavy atom. The molecule has 2 aromatic rings. The van der Waals surface area contributed by atoms with Crippen molar-refractivity contribution in [1.29, 1.82) is 0 Å². The van der Waals surface area contributed by atoms with Gasteiger partial charge in [-0.2, -0.15) is 5.10 Å². The van der Waals surface area contributed by atoms with E-state index in [0.717, 1.165) is 17.4 Å². The van der Waals surface area contributed by atoms with Crippen LogP contribution < -0.4 is 0 Å². The predicted molar refractivity (Wildman–Crippen MR) is 50.5 cm³/mol. The summed E-state index contributed by atoms with van der Waals surface area (Å²) in [5, 5.41) is 5.06. The molecule has 0 aromatic carbocycles. The Morgan fingerprint density at radius 3 is 3.25 bits per heavy atom. The average Bonchev–Trinajstić information content (AvgIpc) is 2.51. The van der Waals surface area contributed by atoms with Crippen LogP contribution >= 0.6 is 15.9 Å². The van der Waals surface area contributed by atoms with Crippen LogP contribution in [0.2, 0.25) is 0 Å². The smallest absolute Gasteiger partial charge is 0.154 e. The molecule has 0 aliphatic rings. The van der Waals surface area contributed by atoms with E-state index in [9.17, 15) is 0 Å². The van der Waals surface area contributed by atoms with Gasteiger partial charge in [0.15, 0.2) is 5.65 Å². The molecule has 62 valence electrons. The van der Waals surface area contributed by atoms with E-state index in [1.54, 1.807) is 10.7 Å². The fourth-order valence-electron chi connectivity index (χ4n) is 1.09. The van der Waals surface area contributed by atoms with Gasteiger partial charge in [0, 0.05) is 23.8 Å². The lowest BCUT2D eigenvalue weighted by atomic mass is 10.3. The van der Waals surface area contributed by atoms with Crippen molar-refractivity contribution in [3.63, 3.8) is 0 Å². The molecule has 3 nitrogen and oxygen atoms in total. The standard InChI is InChI=1S/C8H8BrN3/c9-3-1-7-5-10-8-2-4-11-12(8)6-7/h2,4-6H,1,3H2. The summed E-state index contributed by atoms with van der Waals surface area (Å²) in [4.78, 5) is 4.24. The second kappa shape index (κ2) is 3.23. The highest BCUT2D eigenvalue weighted by molar-refractivity contribution is 9.09. The van der Waals surface area contributed by atoms with Crippen molar-refractivity contribution in [3.05, 3.63) is 30.2 Å². The zero-order chi connectivity index (χ0) is 8.39. The lowest BCUT2D eigenvalue weighted by molar-refractivity contribution is 0.913. The molecule has 0 unspecified atom stereocenters. The van der Waals surface area contributed by atoms with Crippen molar-refractivity contribution >= 4 is 21.6 Å². The molecule has 0 aliphatic heterocycles. The van der Waals surface area contributed by atoms with Crippen LogP contribution in [0.15, 0.2) is 24.7 Å². The van der Waals surface area contributed by atoms with Gasteiger partial charge < -0.3 is 0 Å². The summed E-state index contributed by atoms with van der Waals surface area (Å²) in [6.45, 7) is 0. The third kappa shape index (κ3) is 1.34. The third-order valence-electron chi connectivity index (χ3n) is 1.68. The highest BCUT2D eigenvalue weighted by Gasteiger charge is 1.96. The molecule has 0 saturated carbocycles. The Kier molecular flexibility index (Phi) is 2.08. The molecule has 2 heterocycles. The highest BCUT2D eigenvalue weighted by atomic mass is 79.9. The number of halogens is 1. The molecular formula is C8H8BrN3. The highest BCUT2D eigenvalue weighted by Crippen LogP contribution is 2.03. The van der Waals surface area contributed by atoms with Crippen molar-refractivity contribution in [2.24, 2.45) is 0 Å². The number of alkyl halides is 1. The first-order chi connectivity index (χ1) is 5.90. The second-order valence-electron chi connectivity index (χ2n) is 2.54. The number of aromatic nitrogens is 3. The molecule has 0 amide bonds. The maximum Gasteiger partial charge on any atom is 0.154 e. The Morgan fingerprint density at radius 1 is 1.50 bits per heavy atom. The quantitative estimate of drug-likeness (QED) is 0.729. The normalized spacial score (nSPS) is 10.8. The van der Waals surface area contributed by atoms with Crippen molar-refractivity contribution < 1.29 is 0 Å². The summed E-state index contributed by atoms with van der Waals surface area (Å²) < 4.78 is 1.79. The SMILES string of the molecule is BrCCc1cnc2ccnn2c1. The predicted octanol–water partition coefficient (Wildman–Crippen LogP) is 1.67. The Bertz CT molecular complexity index is 382. The molecule has 0 bridgehead atoms. The maximum atomic E-state index is 4.24. The fourth-order valence-corrected chi connectivity index (χ4v) is 1.54. The molecular weight excluding hydrogens is 218 g/mol. The van der Waals surface area contributed by atoms with Gasteiger partial charge in [-0.25, -0.2) is 9.50 Å². The molecule has 2 aromatic heterocycles. The van der Waals surface area contributed by atoms with Gasteiger partial charge >= 0.3 is 0 Å². The number of rotatable bonds is 2. The first-order valence-electron chi connectivity index (χ1n) is 3.74. The summed E-state index contributed by atoms with van der Waals surface area (Å²) in [5.41, 5.74) is 2.09. The van der Waals surface area contributed by atoms with Gasteiger partial charge in [-0.15, -0.1) is 0 Å². The number of hydrogen-bond donors (Lipinski definition) is 0. The van der Waals surface area contributed by atoms with E-state index >= 15 is 0 Å². The molecule has 0 radical (unpaired) electrons. The summed E-state index contributed by atoms with van der Waals surface area (Å²) in [6.07, 6.45) is 6.63. The maximum absolute atomic E-state index is 4.24. The second-order valence-corrected chi connectivity index (χ2v) is 3.33. The summed E-state index contributed by atoms with van der Waals surface area (Å²) in [7, 11) is 0. The van der Waals surface area contributed by atoms with Gasteiger partial charge in [-0.3, -0.25) is 0 Å². The number of hydrogen-bond acceptors (Lipinski definition) is 2. The number of nitrogens with zero attached hydrogens (tertiary/aromatic N) is 3. The lowest BCUT2D eigenvalue weighted by Crippen LogP contribution is -1.94. The van der Waals surface area contributed by atoms with Crippen LogP contribution in [0.5, 0.6) is 0 Å². The number of aryl methyl sites for hydroxylation is 1. The van der Waals surface area contributed by atoms with Gasteiger partial charge in [0.05, 0.1) is 6.20 Å². The van der Waals surface area contributed by atoms with Crippen LogP contribution in [-0.2, 0) is 6.42 Å². The molecule has 0 N–H and O–H groups in total. The Hall–Kier alpha value is -0.900. The molecule has 0 saturated heterocycles. The molecule has 4 heteroatoms. The minimum absolute atomic E-state index is 0.897. The van der Waals surface area contributed by atoms with E-state index in [1.165, 1.54) is 5.56 Å². The summed E-state index contributed by atoms with van der Waals surface area (Å²) in [6, 6.07) is 1.89. The minimum atomic E-state index is 0.897. The van der Waals surface area contributed by atoms with Crippen LogP contribution in [-0.4, -0.2) is 19.9 Å². The lowest BCUT2D eigenvalue weighted by Gasteiger charge is -1.97. The van der Waals surface area contributed by atoms with Crippen LogP contribution in [0.25, 0.3) is 5.65 Å². The van der Waals surface area contributed by atoms with Crippen LogP contribution in [0, 0.1) is 0 Å². The first-order valence-corrected chi connectivity index (χ1v) is 4.86. The van der Waals surface area contributed by atoms with Crippen LogP contribution in [0.4, 0.5) is 0 Å². The monoisotopic (exact) mass is 225 g/mol.